The standard InChI is InChI=1S/C11H12O2/c1-2-4-9-8(3-1)7-10-11(9)13-6-5-12-10/h1-4,10-11H,5-7H2/t10-,11+/m1/s1. The van der Waals surface area contributed by atoms with Crippen molar-refractivity contribution in [1.29, 1.82) is 0 Å². The van der Waals surface area contributed by atoms with E-state index < -0.39 is 0 Å². The average Bonchev–Trinajstić information content (AvgIpc) is 2.56. The zero-order chi connectivity index (χ0) is 8.67. The SMILES string of the molecule is c1ccc2c(c1)C[C@H]1OCCO[C@@H]21. The summed E-state index contributed by atoms with van der Waals surface area (Å²) in [6.45, 7) is 1.48. The van der Waals surface area contributed by atoms with Crippen LogP contribution in [0.1, 0.15) is 17.2 Å². The van der Waals surface area contributed by atoms with E-state index in [2.05, 4.69) is 24.3 Å². The van der Waals surface area contributed by atoms with Crippen molar-refractivity contribution in [2.75, 3.05) is 13.2 Å². The molecule has 0 aromatic heterocycles. The van der Waals surface area contributed by atoms with E-state index in [0.717, 1.165) is 19.6 Å². The van der Waals surface area contributed by atoms with Crippen molar-refractivity contribution in [3.63, 3.8) is 0 Å². The van der Waals surface area contributed by atoms with E-state index >= 15 is 0 Å². The molecule has 68 valence electrons. The molecular formula is C11H12O2. The van der Waals surface area contributed by atoms with Gasteiger partial charge in [-0.05, 0) is 11.1 Å². The third-order valence-corrected chi connectivity index (χ3v) is 2.83. The molecule has 0 N–H and O–H groups in total. The highest BCUT2D eigenvalue weighted by molar-refractivity contribution is 5.35. The van der Waals surface area contributed by atoms with Crippen molar-refractivity contribution in [1.82, 2.24) is 0 Å². The van der Waals surface area contributed by atoms with Gasteiger partial charge in [-0.2, -0.15) is 0 Å². The van der Waals surface area contributed by atoms with Gasteiger partial charge in [-0.3, -0.25) is 0 Å². The van der Waals surface area contributed by atoms with Crippen LogP contribution in [0.3, 0.4) is 0 Å². The predicted molar refractivity (Wildman–Crippen MR) is 48.6 cm³/mol. The minimum absolute atomic E-state index is 0.199. The number of ether oxygens (including phenoxy) is 2. The fourth-order valence-corrected chi connectivity index (χ4v) is 2.24. The van der Waals surface area contributed by atoms with E-state index in [4.69, 9.17) is 9.47 Å². The molecule has 1 aromatic rings. The van der Waals surface area contributed by atoms with Gasteiger partial charge in [0.15, 0.2) is 0 Å². The largest absolute Gasteiger partial charge is 0.372 e. The first-order valence-electron chi connectivity index (χ1n) is 4.76. The maximum absolute atomic E-state index is 5.70. The Kier molecular flexibility index (Phi) is 1.64. The Balaban J connectivity index is 2.01. The Morgan fingerprint density at radius 2 is 1.92 bits per heavy atom. The smallest absolute Gasteiger partial charge is 0.109 e. The van der Waals surface area contributed by atoms with Crippen LogP contribution in [0.25, 0.3) is 0 Å². The first kappa shape index (κ1) is 7.54. The molecule has 1 fully saturated rings. The van der Waals surface area contributed by atoms with Crippen molar-refractivity contribution in [3.05, 3.63) is 35.4 Å². The van der Waals surface area contributed by atoms with E-state index in [9.17, 15) is 0 Å². The molecular weight excluding hydrogens is 164 g/mol. The van der Waals surface area contributed by atoms with Gasteiger partial charge >= 0.3 is 0 Å². The number of rotatable bonds is 0. The zero-order valence-corrected chi connectivity index (χ0v) is 7.40. The molecule has 2 atom stereocenters. The van der Waals surface area contributed by atoms with Crippen LogP contribution in [0.5, 0.6) is 0 Å². The molecule has 3 rings (SSSR count). The fraction of sp³-hybridized carbons (Fsp3) is 0.455. The second-order valence-corrected chi connectivity index (χ2v) is 3.60. The third-order valence-electron chi connectivity index (χ3n) is 2.83. The molecule has 0 unspecified atom stereocenters. The van der Waals surface area contributed by atoms with Crippen LogP contribution < -0.4 is 0 Å². The lowest BCUT2D eigenvalue weighted by molar-refractivity contribution is -0.133. The van der Waals surface area contributed by atoms with Crippen LogP contribution in [-0.2, 0) is 15.9 Å². The lowest BCUT2D eigenvalue weighted by atomic mass is 10.1. The van der Waals surface area contributed by atoms with E-state index in [1.807, 2.05) is 0 Å². The van der Waals surface area contributed by atoms with Gasteiger partial charge in [-0.25, -0.2) is 0 Å². The lowest BCUT2D eigenvalue weighted by Crippen LogP contribution is -2.29. The summed E-state index contributed by atoms with van der Waals surface area (Å²) in [5.41, 5.74) is 2.71. The molecule has 13 heavy (non-hydrogen) atoms. The number of fused-ring (bicyclic) bond motifs is 3. The minimum atomic E-state index is 0.199. The maximum atomic E-state index is 5.70. The van der Waals surface area contributed by atoms with Crippen LogP contribution in [0.4, 0.5) is 0 Å². The molecule has 2 aliphatic rings. The second kappa shape index (κ2) is 2.82. The Morgan fingerprint density at radius 3 is 2.92 bits per heavy atom. The first-order valence-corrected chi connectivity index (χ1v) is 4.76. The number of hydrogen-bond acceptors (Lipinski definition) is 2. The van der Waals surface area contributed by atoms with Crippen molar-refractivity contribution in [2.24, 2.45) is 0 Å². The quantitative estimate of drug-likeness (QED) is 0.599. The molecule has 1 aliphatic heterocycles. The number of benzene rings is 1. The molecule has 0 amide bonds. The molecule has 2 nitrogen and oxygen atoms in total. The van der Waals surface area contributed by atoms with Gasteiger partial charge < -0.3 is 9.47 Å². The summed E-state index contributed by atoms with van der Waals surface area (Å²) in [5.74, 6) is 0. The Bertz CT molecular complexity index is 322. The fourth-order valence-electron chi connectivity index (χ4n) is 2.24. The Labute approximate surface area is 77.5 Å². The molecule has 1 heterocycles. The van der Waals surface area contributed by atoms with E-state index in [-0.39, 0.29) is 12.2 Å². The van der Waals surface area contributed by atoms with Gasteiger partial charge in [0.25, 0.3) is 0 Å². The molecule has 1 saturated heterocycles. The molecule has 1 aromatic carbocycles. The highest BCUT2D eigenvalue weighted by Crippen LogP contribution is 2.37. The van der Waals surface area contributed by atoms with Crippen LogP contribution >= 0.6 is 0 Å². The summed E-state index contributed by atoms with van der Waals surface area (Å²) in [6, 6.07) is 8.46. The Morgan fingerprint density at radius 1 is 1.08 bits per heavy atom. The summed E-state index contributed by atoms with van der Waals surface area (Å²) in [5, 5.41) is 0. The van der Waals surface area contributed by atoms with E-state index in [1.54, 1.807) is 0 Å². The summed E-state index contributed by atoms with van der Waals surface area (Å²) in [7, 11) is 0. The van der Waals surface area contributed by atoms with E-state index in [0.29, 0.717) is 0 Å². The summed E-state index contributed by atoms with van der Waals surface area (Å²) < 4.78 is 11.4. The van der Waals surface area contributed by atoms with Crippen LogP contribution in [-0.4, -0.2) is 19.3 Å². The minimum Gasteiger partial charge on any atom is -0.372 e. The zero-order valence-electron chi connectivity index (χ0n) is 7.40. The highest BCUT2D eigenvalue weighted by atomic mass is 16.6. The van der Waals surface area contributed by atoms with Gasteiger partial charge in [0, 0.05) is 6.42 Å². The monoisotopic (exact) mass is 176 g/mol. The van der Waals surface area contributed by atoms with Crippen LogP contribution in [0, 0.1) is 0 Å². The normalized spacial score (nSPS) is 31.1. The predicted octanol–water partition coefficient (Wildman–Crippen LogP) is 1.70. The van der Waals surface area contributed by atoms with Gasteiger partial charge in [0.2, 0.25) is 0 Å². The van der Waals surface area contributed by atoms with Crippen molar-refractivity contribution >= 4 is 0 Å². The van der Waals surface area contributed by atoms with Crippen molar-refractivity contribution in [2.45, 2.75) is 18.6 Å². The molecule has 0 radical (unpaired) electrons. The molecule has 0 bridgehead atoms. The molecule has 2 heteroatoms. The van der Waals surface area contributed by atoms with Gasteiger partial charge in [-0.15, -0.1) is 0 Å². The van der Waals surface area contributed by atoms with Gasteiger partial charge in [0.05, 0.1) is 19.3 Å². The summed E-state index contributed by atoms with van der Waals surface area (Å²) in [6.07, 6.45) is 1.48. The highest BCUT2D eigenvalue weighted by Gasteiger charge is 2.35. The second-order valence-electron chi connectivity index (χ2n) is 3.60. The van der Waals surface area contributed by atoms with Crippen LogP contribution in [0.15, 0.2) is 24.3 Å². The van der Waals surface area contributed by atoms with Gasteiger partial charge in [-0.1, -0.05) is 24.3 Å². The average molecular weight is 176 g/mol. The van der Waals surface area contributed by atoms with Crippen molar-refractivity contribution < 1.29 is 9.47 Å². The summed E-state index contributed by atoms with van der Waals surface area (Å²) in [4.78, 5) is 0. The van der Waals surface area contributed by atoms with Crippen LogP contribution in [0.2, 0.25) is 0 Å². The van der Waals surface area contributed by atoms with E-state index in [1.165, 1.54) is 11.1 Å². The lowest BCUT2D eigenvalue weighted by Gasteiger charge is -2.26. The first-order chi connectivity index (χ1) is 6.45. The summed E-state index contributed by atoms with van der Waals surface area (Å²) >= 11 is 0. The molecule has 0 spiro atoms. The van der Waals surface area contributed by atoms with Gasteiger partial charge in [0.1, 0.15) is 6.10 Å². The topological polar surface area (TPSA) is 18.5 Å². The molecule has 0 saturated carbocycles. The number of hydrogen-bond donors (Lipinski definition) is 0. The molecule has 1 aliphatic carbocycles. The Hall–Kier alpha value is -0.860. The maximum Gasteiger partial charge on any atom is 0.109 e. The third kappa shape index (κ3) is 1.10. The van der Waals surface area contributed by atoms with Crippen molar-refractivity contribution in [3.8, 4) is 0 Å².